The molecule has 1 aliphatic heterocycles. The highest BCUT2D eigenvalue weighted by atomic mass is 32.1. The number of H-pyrrole nitrogens is 2. The second-order valence-electron chi connectivity index (χ2n) is 4.85. The number of hydrogen-bond acceptors (Lipinski definition) is 9. The molecule has 0 saturated carbocycles. The van der Waals surface area contributed by atoms with E-state index in [1.54, 1.807) is 0 Å². The number of nitrogens with two attached hydrogens (primary N) is 1. The normalized spacial score (nSPS) is 31.9. The SMILES string of the molecule is Nc1nc2c([nH]c(=S)n2[C@]2(O)O[C@H](CO)[C@@H](O)[C@H]2O)c(=O)[nH]1. The van der Waals surface area contributed by atoms with E-state index >= 15 is 0 Å². The highest BCUT2D eigenvalue weighted by molar-refractivity contribution is 7.71. The molecule has 1 aliphatic rings. The highest BCUT2D eigenvalue weighted by Gasteiger charge is 2.56. The monoisotopic (exact) mass is 331 g/mol. The molecule has 0 radical (unpaired) electrons. The number of nitrogen functional groups attached to an aromatic ring is 1. The van der Waals surface area contributed by atoms with E-state index < -0.39 is 36.4 Å². The summed E-state index contributed by atoms with van der Waals surface area (Å²) in [6, 6.07) is 0. The first-order chi connectivity index (χ1) is 10.3. The van der Waals surface area contributed by atoms with Crippen LogP contribution in [-0.2, 0) is 10.6 Å². The van der Waals surface area contributed by atoms with Crippen LogP contribution >= 0.6 is 12.2 Å². The van der Waals surface area contributed by atoms with Gasteiger partial charge < -0.3 is 35.9 Å². The Morgan fingerprint density at radius 3 is 2.73 bits per heavy atom. The number of ether oxygens (including phenoxy) is 1. The van der Waals surface area contributed by atoms with E-state index in [2.05, 4.69) is 15.0 Å². The van der Waals surface area contributed by atoms with Crippen LogP contribution in [-0.4, -0.2) is 64.9 Å². The lowest BCUT2D eigenvalue weighted by atomic mass is 10.1. The summed E-state index contributed by atoms with van der Waals surface area (Å²) in [5.41, 5.74) is 4.56. The van der Waals surface area contributed by atoms with Crippen molar-refractivity contribution in [2.45, 2.75) is 24.2 Å². The van der Waals surface area contributed by atoms with Crippen molar-refractivity contribution in [1.29, 1.82) is 0 Å². The minimum absolute atomic E-state index is 0.0923. The van der Waals surface area contributed by atoms with Crippen LogP contribution in [0.4, 0.5) is 5.95 Å². The van der Waals surface area contributed by atoms with E-state index in [1.165, 1.54) is 0 Å². The van der Waals surface area contributed by atoms with Gasteiger partial charge in [0.15, 0.2) is 22.0 Å². The molecule has 0 bridgehead atoms. The Balaban J connectivity index is 2.29. The van der Waals surface area contributed by atoms with E-state index in [1.807, 2.05) is 0 Å². The zero-order chi connectivity index (χ0) is 16.2. The molecule has 11 nitrogen and oxygen atoms in total. The van der Waals surface area contributed by atoms with Crippen molar-refractivity contribution in [3.05, 3.63) is 15.1 Å². The summed E-state index contributed by atoms with van der Waals surface area (Å²) >= 11 is 5.01. The summed E-state index contributed by atoms with van der Waals surface area (Å²) < 4.78 is 5.76. The Morgan fingerprint density at radius 1 is 1.45 bits per heavy atom. The van der Waals surface area contributed by atoms with Gasteiger partial charge in [0.2, 0.25) is 5.95 Å². The zero-order valence-corrected chi connectivity index (χ0v) is 11.7. The first kappa shape index (κ1) is 15.1. The standard InChI is InChI=1S/C10H13N5O6S/c11-8-13-6-3(7(19)14-8)12-9(22)15(6)10(20)5(18)4(17)2(1-16)21-10/h2,4-5,16-18,20H,1H2,(H,12,22)(H3,11,13,14,19)/t2-,4-,5-,10-/m1/s1. The van der Waals surface area contributed by atoms with Crippen molar-refractivity contribution in [1.82, 2.24) is 19.5 Å². The van der Waals surface area contributed by atoms with Gasteiger partial charge in [-0.15, -0.1) is 0 Å². The number of aromatic nitrogens is 4. The maximum atomic E-state index is 11.8. The lowest BCUT2D eigenvalue weighted by Crippen LogP contribution is -2.45. The Labute approximate surface area is 126 Å². The molecule has 3 heterocycles. The van der Waals surface area contributed by atoms with E-state index in [0.29, 0.717) is 0 Å². The molecule has 2 aromatic rings. The van der Waals surface area contributed by atoms with Crippen molar-refractivity contribution >= 4 is 29.3 Å². The number of nitrogens with zero attached hydrogens (tertiary/aromatic N) is 2. The molecule has 4 atom stereocenters. The number of aromatic amines is 2. The lowest BCUT2D eigenvalue weighted by Gasteiger charge is -2.27. The molecule has 2 aromatic heterocycles. The van der Waals surface area contributed by atoms with Crippen molar-refractivity contribution in [3.8, 4) is 0 Å². The minimum atomic E-state index is -2.52. The van der Waals surface area contributed by atoms with E-state index in [-0.39, 0.29) is 21.9 Å². The van der Waals surface area contributed by atoms with Gasteiger partial charge >= 0.3 is 0 Å². The third kappa shape index (κ3) is 1.89. The van der Waals surface area contributed by atoms with Gasteiger partial charge in [-0.05, 0) is 12.2 Å². The van der Waals surface area contributed by atoms with Crippen molar-refractivity contribution in [2.75, 3.05) is 12.3 Å². The summed E-state index contributed by atoms with van der Waals surface area (Å²) in [6.45, 7) is -0.646. The predicted molar refractivity (Wildman–Crippen MR) is 74.1 cm³/mol. The number of nitrogens with one attached hydrogen (secondary N) is 2. The second kappa shape index (κ2) is 4.84. The molecule has 22 heavy (non-hydrogen) atoms. The Hall–Kier alpha value is -1.83. The van der Waals surface area contributed by atoms with Crippen LogP contribution < -0.4 is 11.3 Å². The molecule has 0 aliphatic carbocycles. The average molecular weight is 331 g/mol. The van der Waals surface area contributed by atoms with E-state index in [9.17, 15) is 20.1 Å². The van der Waals surface area contributed by atoms with Gasteiger partial charge in [0.25, 0.3) is 11.5 Å². The summed E-state index contributed by atoms with van der Waals surface area (Å²) in [5, 5.41) is 39.6. The Kier molecular flexibility index (Phi) is 3.32. The van der Waals surface area contributed by atoms with Gasteiger partial charge in [-0.2, -0.15) is 4.98 Å². The first-order valence-corrected chi connectivity index (χ1v) is 6.58. The average Bonchev–Trinajstić information content (AvgIpc) is 2.89. The van der Waals surface area contributed by atoms with Crippen molar-refractivity contribution < 1.29 is 25.2 Å². The van der Waals surface area contributed by atoms with Gasteiger partial charge in [-0.3, -0.25) is 9.78 Å². The van der Waals surface area contributed by atoms with Crippen LogP contribution in [0.1, 0.15) is 0 Å². The van der Waals surface area contributed by atoms with Crippen molar-refractivity contribution in [3.63, 3.8) is 0 Å². The molecular formula is C10H13N5O6S. The molecule has 1 saturated heterocycles. The maximum absolute atomic E-state index is 11.8. The summed E-state index contributed by atoms with van der Waals surface area (Å²) in [7, 11) is 0. The summed E-state index contributed by atoms with van der Waals surface area (Å²) in [5.74, 6) is -2.76. The molecule has 1 fully saturated rings. The van der Waals surface area contributed by atoms with Gasteiger partial charge in [-0.1, -0.05) is 0 Å². The summed E-state index contributed by atoms with van der Waals surface area (Å²) in [6.07, 6.45) is -4.65. The van der Waals surface area contributed by atoms with E-state index in [4.69, 9.17) is 27.8 Å². The fourth-order valence-electron chi connectivity index (χ4n) is 2.43. The lowest BCUT2D eigenvalue weighted by molar-refractivity contribution is -0.287. The number of anilines is 1. The highest BCUT2D eigenvalue weighted by Crippen LogP contribution is 2.35. The zero-order valence-electron chi connectivity index (χ0n) is 10.9. The number of hydrogen-bond donors (Lipinski definition) is 7. The van der Waals surface area contributed by atoms with Gasteiger partial charge in [-0.25, -0.2) is 4.57 Å². The number of fused-ring (bicyclic) bond motifs is 1. The van der Waals surface area contributed by atoms with Crippen molar-refractivity contribution in [2.24, 2.45) is 0 Å². The van der Waals surface area contributed by atoms with Gasteiger partial charge in [0.05, 0.1) is 6.61 Å². The van der Waals surface area contributed by atoms with E-state index in [0.717, 1.165) is 4.57 Å². The van der Waals surface area contributed by atoms with Crippen LogP contribution in [0.2, 0.25) is 0 Å². The molecule has 0 unspecified atom stereocenters. The minimum Gasteiger partial charge on any atom is -0.394 e. The molecule has 12 heteroatoms. The van der Waals surface area contributed by atoms with Gasteiger partial charge in [0.1, 0.15) is 12.2 Å². The van der Waals surface area contributed by atoms with Crippen LogP contribution in [0.15, 0.2) is 4.79 Å². The predicted octanol–water partition coefficient (Wildman–Crippen LogP) is -2.92. The van der Waals surface area contributed by atoms with Crippen LogP contribution in [0, 0.1) is 4.77 Å². The fraction of sp³-hybridized carbons (Fsp3) is 0.500. The third-order valence-corrected chi connectivity index (χ3v) is 3.76. The quantitative estimate of drug-likeness (QED) is 0.283. The first-order valence-electron chi connectivity index (χ1n) is 6.17. The molecule has 0 spiro atoms. The number of imidazole rings is 1. The number of aliphatic hydroxyl groups excluding tert-OH is 3. The second-order valence-corrected chi connectivity index (χ2v) is 5.23. The maximum Gasteiger partial charge on any atom is 0.287 e. The largest absolute Gasteiger partial charge is 0.394 e. The smallest absolute Gasteiger partial charge is 0.287 e. The number of rotatable bonds is 2. The molecular weight excluding hydrogens is 318 g/mol. The van der Waals surface area contributed by atoms with Crippen LogP contribution in [0.3, 0.4) is 0 Å². The van der Waals surface area contributed by atoms with Gasteiger partial charge in [0, 0.05) is 0 Å². The topological polar surface area (TPSA) is 183 Å². The third-order valence-electron chi connectivity index (χ3n) is 3.48. The molecule has 3 rings (SSSR count). The van der Waals surface area contributed by atoms with Crippen LogP contribution in [0.5, 0.6) is 0 Å². The summed E-state index contributed by atoms with van der Waals surface area (Å²) in [4.78, 5) is 20.4. The fourth-order valence-corrected chi connectivity index (χ4v) is 2.75. The molecule has 120 valence electrons. The number of aliphatic hydroxyl groups is 4. The molecule has 0 amide bonds. The molecule has 8 N–H and O–H groups in total. The molecule has 0 aromatic carbocycles. The Bertz CT molecular complexity index is 844. The van der Waals surface area contributed by atoms with Crippen LogP contribution in [0.25, 0.3) is 11.2 Å². The Morgan fingerprint density at radius 2 is 2.14 bits per heavy atom.